The van der Waals surface area contributed by atoms with E-state index in [-0.39, 0.29) is 28.8 Å². The molecule has 0 radical (unpaired) electrons. The van der Waals surface area contributed by atoms with E-state index in [9.17, 15) is 15.0 Å². The quantitative estimate of drug-likeness (QED) is 0.433. The standard InChI is InChI=1S/C19H17N3O3/c20-15-8-6-14(11-18(15)24)22(13-7-9-17(23)16(21)10-13)19(25)12-4-2-1-3-5-12/h1-11,23-24H,20-21H2. The predicted molar refractivity (Wildman–Crippen MR) is 97.9 cm³/mol. The molecule has 6 N–H and O–H groups in total. The minimum atomic E-state index is -0.310. The number of carbonyl (C=O) groups is 1. The molecule has 0 aliphatic carbocycles. The fraction of sp³-hybridized carbons (Fsp3) is 0. The van der Waals surface area contributed by atoms with Crippen molar-refractivity contribution in [1.29, 1.82) is 0 Å². The average Bonchev–Trinajstić information content (AvgIpc) is 2.62. The molecule has 6 heteroatoms. The zero-order valence-corrected chi connectivity index (χ0v) is 13.3. The van der Waals surface area contributed by atoms with Crippen molar-refractivity contribution in [3.05, 3.63) is 72.3 Å². The molecule has 0 unspecified atom stereocenters. The number of amides is 1. The van der Waals surface area contributed by atoms with Gasteiger partial charge in [0.2, 0.25) is 0 Å². The summed E-state index contributed by atoms with van der Waals surface area (Å²) in [6.45, 7) is 0. The van der Waals surface area contributed by atoms with Crippen molar-refractivity contribution in [3.8, 4) is 11.5 Å². The third-order valence-corrected chi connectivity index (χ3v) is 3.77. The number of hydrogen-bond donors (Lipinski definition) is 4. The number of carbonyl (C=O) groups excluding carboxylic acids is 1. The van der Waals surface area contributed by atoms with E-state index in [4.69, 9.17) is 11.5 Å². The Bertz CT molecular complexity index is 875. The van der Waals surface area contributed by atoms with Gasteiger partial charge in [0.05, 0.1) is 22.7 Å². The number of hydrogen-bond acceptors (Lipinski definition) is 5. The Hall–Kier alpha value is -3.67. The van der Waals surface area contributed by atoms with E-state index in [2.05, 4.69) is 0 Å². The summed E-state index contributed by atoms with van der Waals surface area (Å²) in [6, 6.07) is 17.7. The van der Waals surface area contributed by atoms with Crippen LogP contribution in [0.4, 0.5) is 22.7 Å². The van der Waals surface area contributed by atoms with E-state index < -0.39 is 0 Å². The Kier molecular flexibility index (Phi) is 4.18. The van der Waals surface area contributed by atoms with Gasteiger partial charge >= 0.3 is 0 Å². The van der Waals surface area contributed by atoms with Crippen LogP contribution in [0.3, 0.4) is 0 Å². The van der Waals surface area contributed by atoms with Crippen LogP contribution in [0, 0.1) is 0 Å². The maximum atomic E-state index is 13.0. The van der Waals surface area contributed by atoms with Gasteiger partial charge in [0, 0.05) is 11.6 Å². The fourth-order valence-corrected chi connectivity index (χ4v) is 2.45. The second-order valence-corrected chi connectivity index (χ2v) is 5.49. The second-order valence-electron chi connectivity index (χ2n) is 5.49. The number of phenolic OH excluding ortho intramolecular Hbond substituents is 2. The lowest BCUT2D eigenvalue weighted by molar-refractivity contribution is 0.0999. The van der Waals surface area contributed by atoms with Gasteiger partial charge in [-0.15, -0.1) is 0 Å². The van der Waals surface area contributed by atoms with Crippen molar-refractivity contribution in [2.75, 3.05) is 16.4 Å². The number of benzene rings is 3. The first-order chi connectivity index (χ1) is 12.0. The normalized spacial score (nSPS) is 10.4. The molecule has 6 nitrogen and oxygen atoms in total. The molecule has 1 amide bonds. The molecule has 3 aromatic rings. The summed E-state index contributed by atoms with van der Waals surface area (Å²) in [5.74, 6) is -0.513. The Morgan fingerprint density at radius 1 is 0.760 bits per heavy atom. The Morgan fingerprint density at radius 2 is 1.40 bits per heavy atom. The van der Waals surface area contributed by atoms with Crippen LogP contribution in [-0.2, 0) is 0 Å². The maximum absolute atomic E-state index is 13.0. The van der Waals surface area contributed by atoms with Crippen LogP contribution in [0.5, 0.6) is 11.5 Å². The number of nitrogens with two attached hydrogens (primary N) is 2. The maximum Gasteiger partial charge on any atom is 0.262 e. The molecule has 0 bridgehead atoms. The van der Waals surface area contributed by atoms with Crippen LogP contribution in [0.1, 0.15) is 10.4 Å². The van der Waals surface area contributed by atoms with Crippen molar-refractivity contribution >= 4 is 28.7 Å². The first-order valence-electron chi connectivity index (χ1n) is 7.54. The molecule has 0 saturated carbocycles. The van der Waals surface area contributed by atoms with E-state index >= 15 is 0 Å². The van der Waals surface area contributed by atoms with Gasteiger partial charge < -0.3 is 21.7 Å². The molecule has 3 aromatic carbocycles. The van der Waals surface area contributed by atoms with E-state index in [1.54, 1.807) is 36.4 Å². The summed E-state index contributed by atoms with van der Waals surface area (Å²) >= 11 is 0. The van der Waals surface area contributed by atoms with Crippen LogP contribution in [0.2, 0.25) is 0 Å². The predicted octanol–water partition coefficient (Wildman–Crippen LogP) is 3.24. The molecule has 0 fully saturated rings. The molecular formula is C19H17N3O3. The fourth-order valence-electron chi connectivity index (χ4n) is 2.45. The molecular weight excluding hydrogens is 318 g/mol. The molecule has 0 aliphatic rings. The smallest absolute Gasteiger partial charge is 0.262 e. The SMILES string of the molecule is Nc1cc(N(C(=O)c2ccccc2)c2ccc(N)c(O)c2)ccc1O. The van der Waals surface area contributed by atoms with Crippen molar-refractivity contribution in [1.82, 2.24) is 0 Å². The van der Waals surface area contributed by atoms with E-state index in [0.29, 0.717) is 16.9 Å². The molecule has 3 rings (SSSR count). The minimum absolute atomic E-state index is 0.0731. The topological polar surface area (TPSA) is 113 Å². The Balaban J connectivity index is 2.15. The van der Waals surface area contributed by atoms with E-state index in [1.165, 1.54) is 29.2 Å². The highest BCUT2D eigenvalue weighted by atomic mass is 16.3. The number of aromatic hydroxyl groups is 2. The average molecular weight is 335 g/mol. The first-order valence-corrected chi connectivity index (χ1v) is 7.54. The molecule has 25 heavy (non-hydrogen) atoms. The van der Waals surface area contributed by atoms with E-state index in [0.717, 1.165) is 0 Å². The van der Waals surface area contributed by atoms with E-state index in [1.807, 2.05) is 6.07 Å². The number of nitrogens with zero attached hydrogens (tertiary/aromatic N) is 1. The molecule has 126 valence electrons. The lowest BCUT2D eigenvalue weighted by atomic mass is 10.1. The lowest BCUT2D eigenvalue weighted by Crippen LogP contribution is -2.26. The third kappa shape index (κ3) is 3.18. The van der Waals surface area contributed by atoms with Gasteiger partial charge in [-0.3, -0.25) is 9.69 Å². The highest BCUT2D eigenvalue weighted by molar-refractivity contribution is 6.11. The molecule has 0 aromatic heterocycles. The van der Waals surface area contributed by atoms with Crippen molar-refractivity contribution < 1.29 is 15.0 Å². The van der Waals surface area contributed by atoms with Gasteiger partial charge in [-0.1, -0.05) is 18.2 Å². The van der Waals surface area contributed by atoms with Crippen LogP contribution in [0.15, 0.2) is 66.7 Å². The van der Waals surface area contributed by atoms with Gasteiger partial charge in [0.1, 0.15) is 11.5 Å². The van der Waals surface area contributed by atoms with Gasteiger partial charge in [-0.25, -0.2) is 0 Å². The summed E-state index contributed by atoms with van der Waals surface area (Å²) in [7, 11) is 0. The molecule has 0 saturated heterocycles. The third-order valence-electron chi connectivity index (χ3n) is 3.77. The summed E-state index contributed by atoms with van der Waals surface area (Å²) in [5.41, 5.74) is 13.1. The van der Waals surface area contributed by atoms with Gasteiger partial charge in [-0.05, 0) is 42.5 Å². The van der Waals surface area contributed by atoms with Crippen molar-refractivity contribution in [2.45, 2.75) is 0 Å². The Labute approximate surface area is 144 Å². The largest absolute Gasteiger partial charge is 0.506 e. The lowest BCUT2D eigenvalue weighted by Gasteiger charge is -2.24. The van der Waals surface area contributed by atoms with Gasteiger partial charge in [-0.2, -0.15) is 0 Å². The summed E-state index contributed by atoms with van der Waals surface area (Å²) < 4.78 is 0. The first kappa shape index (κ1) is 16.2. The Morgan fingerprint density at radius 3 is 2.04 bits per heavy atom. The van der Waals surface area contributed by atoms with Gasteiger partial charge in [0.15, 0.2) is 0 Å². The number of phenols is 2. The van der Waals surface area contributed by atoms with Crippen molar-refractivity contribution in [3.63, 3.8) is 0 Å². The van der Waals surface area contributed by atoms with Gasteiger partial charge in [0.25, 0.3) is 5.91 Å². The highest BCUT2D eigenvalue weighted by Crippen LogP contribution is 2.35. The number of nitrogen functional groups attached to an aromatic ring is 2. The second kappa shape index (κ2) is 6.45. The molecule has 0 atom stereocenters. The summed E-state index contributed by atoms with van der Waals surface area (Å²) in [6.07, 6.45) is 0. The molecule has 0 heterocycles. The van der Waals surface area contributed by atoms with Crippen LogP contribution < -0.4 is 16.4 Å². The van der Waals surface area contributed by atoms with Crippen LogP contribution in [-0.4, -0.2) is 16.1 Å². The summed E-state index contributed by atoms with van der Waals surface area (Å²) in [5, 5.41) is 19.6. The van der Waals surface area contributed by atoms with Crippen molar-refractivity contribution in [2.24, 2.45) is 0 Å². The van der Waals surface area contributed by atoms with Crippen LogP contribution >= 0.6 is 0 Å². The zero-order valence-electron chi connectivity index (χ0n) is 13.3. The number of rotatable bonds is 3. The van der Waals surface area contributed by atoms with Crippen LogP contribution in [0.25, 0.3) is 0 Å². The minimum Gasteiger partial charge on any atom is -0.506 e. The summed E-state index contributed by atoms with van der Waals surface area (Å²) in [4.78, 5) is 14.4. The zero-order chi connectivity index (χ0) is 18.0. The monoisotopic (exact) mass is 335 g/mol. The highest BCUT2D eigenvalue weighted by Gasteiger charge is 2.21. The molecule has 0 aliphatic heterocycles. The number of anilines is 4. The molecule has 0 spiro atoms.